The summed E-state index contributed by atoms with van der Waals surface area (Å²) in [4.78, 5) is 36.0. The maximum Gasteiger partial charge on any atom is 0.320 e. The molecule has 8 nitrogen and oxygen atoms in total. The molecule has 8 heteroatoms. The summed E-state index contributed by atoms with van der Waals surface area (Å²) < 4.78 is 11.0. The predicted octanol–water partition coefficient (Wildman–Crippen LogP) is 2.30. The molecular formula is C22H23N3O5. The van der Waals surface area contributed by atoms with Crippen LogP contribution in [0.5, 0.6) is 11.5 Å². The second-order valence-electron chi connectivity index (χ2n) is 6.64. The van der Waals surface area contributed by atoms with Crippen LogP contribution in [0.25, 0.3) is 5.70 Å². The molecule has 0 bridgehead atoms. The molecule has 1 atom stereocenters. The summed E-state index contributed by atoms with van der Waals surface area (Å²) in [5.41, 5.74) is 7.40. The Morgan fingerprint density at radius 2 is 1.80 bits per heavy atom. The quantitative estimate of drug-likeness (QED) is 0.618. The first-order valence-corrected chi connectivity index (χ1v) is 9.46. The smallest absolute Gasteiger partial charge is 0.320 e. The third-order valence-corrected chi connectivity index (χ3v) is 4.48. The zero-order valence-electron chi connectivity index (χ0n) is 16.7. The fourth-order valence-electron chi connectivity index (χ4n) is 3.27. The second kappa shape index (κ2) is 9.13. The number of benzene rings is 2. The Morgan fingerprint density at radius 3 is 2.43 bits per heavy atom. The summed E-state index contributed by atoms with van der Waals surface area (Å²) in [5, 5.41) is 5.55. The molecule has 0 aliphatic carbocycles. The molecule has 0 radical (unpaired) electrons. The number of hydrogen-bond donors (Lipinski definition) is 3. The van der Waals surface area contributed by atoms with E-state index in [0.29, 0.717) is 34.9 Å². The lowest BCUT2D eigenvalue weighted by Gasteiger charge is -2.30. The van der Waals surface area contributed by atoms with Gasteiger partial charge in [-0.25, -0.2) is 4.79 Å². The van der Waals surface area contributed by atoms with Crippen LogP contribution in [0.4, 0.5) is 4.79 Å². The van der Waals surface area contributed by atoms with Gasteiger partial charge in [0.05, 0.1) is 18.3 Å². The van der Waals surface area contributed by atoms with Gasteiger partial charge in [0, 0.05) is 5.57 Å². The molecule has 1 aliphatic heterocycles. The van der Waals surface area contributed by atoms with E-state index in [1.54, 1.807) is 18.2 Å². The van der Waals surface area contributed by atoms with E-state index in [0.717, 1.165) is 5.56 Å². The molecule has 0 aromatic heterocycles. The maximum atomic E-state index is 12.6. The number of urea groups is 1. The Hall–Kier alpha value is -3.81. The Labute approximate surface area is 174 Å². The average molecular weight is 409 g/mol. The lowest BCUT2D eigenvalue weighted by atomic mass is 9.90. The van der Waals surface area contributed by atoms with Crippen molar-refractivity contribution in [2.75, 3.05) is 13.2 Å². The topological polar surface area (TPSA) is 120 Å². The van der Waals surface area contributed by atoms with Crippen molar-refractivity contribution in [1.82, 2.24) is 10.6 Å². The number of carbonyl (C=O) groups is 3. The summed E-state index contributed by atoms with van der Waals surface area (Å²) in [5.74, 6) is -0.0655. The molecule has 0 unspecified atom stereocenters. The zero-order valence-corrected chi connectivity index (χ0v) is 16.7. The first-order valence-electron chi connectivity index (χ1n) is 9.46. The third-order valence-electron chi connectivity index (χ3n) is 4.48. The fourth-order valence-corrected chi connectivity index (χ4v) is 3.27. The van der Waals surface area contributed by atoms with Gasteiger partial charge in [-0.3, -0.25) is 9.59 Å². The SMILES string of the molecule is CCOc1cc([C@@H]2NC(=O)NC(c3ccccc3)=C2C(C)=O)ccc1OCC(N)=O. The van der Waals surface area contributed by atoms with Gasteiger partial charge in [-0.15, -0.1) is 0 Å². The molecule has 0 saturated heterocycles. The summed E-state index contributed by atoms with van der Waals surface area (Å²) in [7, 11) is 0. The Kier molecular flexibility index (Phi) is 6.36. The van der Waals surface area contributed by atoms with Gasteiger partial charge in [-0.1, -0.05) is 36.4 Å². The van der Waals surface area contributed by atoms with Gasteiger partial charge in [0.15, 0.2) is 23.9 Å². The molecule has 1 heterocycles. The third kappa shape index (κ3) is 4.60. The van der Waals surface area contributed by atoms with E-state index in [2.05, 4.69) is 10.6 Å². The summed E-state index contributed by atoms with van der Waals surface area (Å²) in [6.07, 6.45) is 0. The van der Waals surface area contributed by atoms with Crippen LogP contribution in [0.1, 0.15) is 31.0 Å². The van der Waals surface area contributed by atoms with E-state index in [-0.39, 0.29) is 12.4 Å². The second-order valence-corrected chi connectivity index (χ2v) is 6.64. The van der Waals surface area contributed by atoms with Crippen molar-refractivity contribution in [3.8, 4) is 11.5 Å². The number of ether oxygens (including phenoxy) is 2. The lowest BCUT2D eigenvalue weighted by Crippen LogP contribution is -2.44. The molecule has 4 N–H and O–H groups in total. The van der Waals surface area contributed by atoms with Gasteiger partial charge >= 0.3 is 6.03 Å². The Bertz CT molecular complexity index is 1000. The molecule has 3 amide bonds. The molecular weight excluding hydrogens is 386 g/mol. The lowest BCUT2D eigenvalue weighted by molar-refractivity contribution is -0.120. The van der Waals surface area contributed by atoms with Crippen molar-refractivity contribution in [3.63, 3.8) is 0 Å². The van der Waals surface area contributed by atoms with E-state index in [1.807, 2.05) is 37.3 Å². The molecule has 2 aromatic carbocycles. The molecule has 0 saturated carbocycles. The minimum atomic E-state index is -0.684. The number of rotatable bonds is 8. The highest BCUT2D eigenvalue weighted by Gasteiger charge is 2.32. The number of primary amides is 1. The van der Waals surface area contributed by atoms with Crippen molar-refractivity contribution < 1.29 is 23.9 Å². The van der Waals surface area contributed by atoms with Crippen molar-refractivity contribution in [1.29, 1.82) is 0 Å². The van der Waals surface area contributed by atoms with Crippen LogP contribution in [0.3, 0.4) is 0 Å². The highest BCUT2D eigenvalue weighted by molar-refractivity contribution is 6.07. The molecule has 3 rings (SSSR count). The van der Waals surface area contributed by atoms with Crippen LogP contribution in [0.2, 0.25) is 0 Å². The van der Waals surface area contributed by atoms with Crippen molar-refractivity contribution in [2.24, 2.45) is 5.73 Å². The van der Waals surface area contributed by atoms with E-state index >= 15 is 0 Å². The minimum absolute atomic E-state index is 0.182. The van der Waals surface area contributed by atoms with Crippen LogP contribution >= 0.6 is 0 Å². The highest BCUT2D eigenvalue weighted by Crippen LogP contribution is 2.36. The van der Waals surface area contributed by atoms with E-state index in [9.17, 15) is 14.4 Å². The first-order chi connectivity index (χ1) is 14.4. The summed E-state index contributed by atoms with van der Waals surface area (Å²) in [6.45, 7) is 3.34. The van der Waals surface area contributed by atoms with Crippen molar-refractivity contribution in [2.45, 2.75) is 19.9 Å². The van der Waals surface area contributed by atoms with Crippen LogP contribution < -0.4 is 25.8 Å². The average Bonchev–Trinajstić information content (AvgIpc) is 2.72. The number of ketones is 1. The van der Waals surface area contributed by atoms with E-state index < -0.39 is 18.0 Å². The zero-order chi connectivity index (χ0) is 21.7. The van der Waals surface area contributed by atoms with Gasteiger partial charge in [-0.05, 0) is 37.1 Å². The number of amides is 3. The maximum absolute atomic E-state index is 12.6. The first kappa shape index (κ1) is 20.9. The van der Waals surface area contributed by atoms with E-state index in [1.165, 1.54) is 6.92 Å². The van der Waals surface area contributed by atoms with Gasteiger partial charge in [0.1, 0.15) is 0 Å². The van der Waals surface area contributed by atoms with Crippen molar-refractivity contribution >= 4 is 23.4 Å². The molecule has 1 aliphatic rings. The summed E-state index contributed by atoms with van der Waals surface area (Å²) in [6, 6.07) is 13.1. The van der Waals surface area contributed by atoms with Crippen LogP contribution in [-0.4, -0.2) is 30.9 Å². The number of carbonyl (C=O) groups excluding carboxylic acids is 3. The molecule has 30 heavy (non-hydrogen) atoms. The number of nitrogens with two attached hydrogens (primary N) is 1. The minimum Gasteiger partial charge on any atom is -0.490 e. The normalized spacial score (nSPS) is 15.8. The van der Waals surface area contributed by atoms with Gasteiger partial charge in [-0.2, -0.15) is 0 Å². The standard InChI is InChI=1S/C22H23N3O5/c1-3-29-17-11-15(9-10-16(17)30-12-18(23)27)21-19(13(2)26)20(24-22(28)25-21)14-7-5-4-6-8-14/h4-11,21H,3,12H2,1-2H3,(H2,23,27)(H2,24,25,28)/t21-/m0/s1. The fraction of sp³-hybridized carbons (Fsp3) is 0.227. The predicted molar refractivity (Wildman–Crippen MR) is 111 cm³/mol. The summed E-state index contributed by atoms with van der Waals surface area (Å²) >= 11 is 0. The molecule has 2 aromatic rings. The largest absolute Gasteiger partial charge is 0.490 e. The van der Waals surface area contributed by atoms with Gasteiger partial charge in [0.25, 0.3) is 5.91 Å². The number of Topliss-reactive ketones (excluding diaryl/α,β-unsaturated/α-hetero) is 1. The van der Waals surface area contributed by atoms with Crippen molar-refractivity contribution in [3.05, 3.63) is 65.2 Å². The van der Waals surface area contributed by atoms with Gasteiger partial charge < -0.3 is 25.8 Å². The molecule has 0 spiro atoms. The Morgan fingerprint density at radius 1 is 1.07 bits per heavy atom. The van der Waals surface area contributed by atoms with Crippen LogP contribution in [-0.2, 0) is 9.59 Å². The monoisotopic (exact) mass is 409 g/mol. The van der Waals surface area contributed by atoms with E-state index in [4.69, 9.17) is 15.2 Å². The molecule has 0 fully saturated rings. The number of nitrogens with one attached hydrogen (secondary N) is 2. The van der Waals surface area contributed by atoms with Crippen LogP contribution in [0.15, 0.2) is 54.1 Å². The highest BCUT2D eigenvalue weighted by atomic mass is 16.5. The van der Waals surface area contributed by atoms with Crippen LogP contribution in [0, 0.1) is 0 Å². The number of hydrogen-bond acceptors (Lipinski definition) is 5. The Balaban J connectivity index is 2.08. The molecule has 156 valence electrons. The van der Waals surface area contributed by atoms with Gasteiger partial charge in [0.2, 0.25) is 0 Å².